The lowest BCUT2D eigenvalue weighted by molar-refractivity contribution is -0.0494. The van der Waals surface area contributed by atoms with Gasteiger partial charge in [-0.1, -0.05) is 12.1 Å². The molecule has 0 atom stereocenters. The number of hydrogen-bond donors (Lipinski definition) is 1. The molecule has 0 bridgehead atoms. The van der Waals surface area contributed by atoms with E-state index in [0.29, 0.717) is 33.3 Å². The van der Waals surface area contributed by atoms with E-state index in [1.807, 2.05) is 0 Å². The van der Waals surface area contributed by atoms with E-state index in [0.717, 1.165) is 11.3 Å². The molecule has 0 unspecified atom stereocenters. The van der Waals surface area contributed by atoms with Crippen LogP contribution in [-0.4, -0.2) is 27.3 Å². The van der Waals surface area contributed by atoms with Crippen molar-refractivity contribution >= 4 is 22.4 Å². The zero-order valence-corrected chi connectivity index (χ0v) is 16.9. The van der Waals surface area contributed by atoms with Gasteiger partial charge in [0.2, 0.25) is 0 Å². The summed E-state index contributed by atoms with van der Waals surface area (Å²) in [5.41, 5.74) is 2.29. The molecule has 0 radical (unpaired) electrons. The van der Waals surface area contributed by atoms with Crippen LogP contribution in [-0.2, 0) is 0 Å². The lowest BCUT2D eigenvalue weighted by atomic mass is 10.1. The minimum absolute atomic E-state index is 0.00269. The van der Waals surface area contributed by atoms with Crippen LogP contribution in [0, 0.1) is 12.7 Å². The smallest absolute Gasteiger partial charge is 0.387 e. The number of anilines is 1. The molecule has 31 heavy (non-hydrogen) atoms. The number of halogens is 3. The Morgan fingerprint density at radius 1 is 1.16 bits per heavy atom. The van der Waals surface area contributed by atoms with Crippen molar-refractivity contribution in [2.45, 2.75) is 13.5 Å². The Hall–Kier alpha value is -3.66. The first-order chi connectivity index (χ1) is 14.9. The number of rotatable bonds is 6. The lowest BCUT2D eigenvalue weighted by Gasteiger charge is -2.08. The van der Waals surface area contributed by atoms with E-state index in [-0.39, 0.29) is 11.6 Å². The first kappa shape index (κ1) is 20.6. The third-order valence-electron chi connectivity index (χ3n) is 4.43. The van der Waals surface area contributed by atoms with E-state index in [1.165, 1.54) is 29.1 Å². The fraction of sp³-hybridized carbons (Fsp3) is 0.0952. The van der Waals surface area contributed by atoms with Gasteiger partial charge in [-0.2, -0.15) is 13.9 Å². The lowest BCUT2D eigenvalue weighted by Crippen LogP contribution is -2.13. The van der Waals surface area contributed by atoms with Crippen molar-refractivity contribution in [2.75, 3.05) is 5.32 Å². The maximum Gasteiger partial charge on any atom is 0.387 e. The van der Waals surface area contributed by atoms with Gasteiger partial charge in [0.1, 0.15) is 11.6 Å². The predicted octanol–water partition coefficient (Wildman–Crippen LogP) is 5.30. The average molecular weight is 444 g/mol. The molecule has 2 heterocycles. The summed E-state index contributed by atoms with van der Waals surface area (Å²) in [6.07, 6.45) is 1.41. The summed E-state index contributed by atoms with van der Waals surface area (Å²) in [6.45, 7) is -1.24. The van der Waals surface area contributed by atoms with Crippen molar-refractivity contribution in [3.8, 4) is 22.7 Å². The molecule has 1 amide bonds. The molecule has 158 valence electrons. The number of ether oxygens (including phenoxy) is 1. The summed E-state index contributed by atoms with van der Waals surface area (Å²) in [7, 11) is 0. The largest absolute Gasteiger partial charge is 0.434 e. The highest BCUT2D eigenvalue weighted by molar-refractivity contribution is 7.14. The van der Waals surface area contributed by atoms with E-state index in [1.54, 1.807) is 42.6 Å². The second-order valence-electron chi connectivity index (χ2n) is 6.40. The van der Waals surface area contributed by atoms with E-state index < -0.39 is 12.5 Å². The molecule has 0 saturated heterocycles. The third kappa shape index (κ3) is 4.43. The van der Waals surface area contributed by atoms with Crippen molar-refractivity contribution in [2.24, 2.45) is 0 Å². The molecule has 0 aliphatic heterocycles. The second-order valence-corrected chi connectivity index (χ2v) is 7.26. The summed E-state index contributed by atoms with van der Waals surface area (Å²) in [4.78, 5) is 17.0. The Bertz CT molecular complexity index is 1220. The van der Waals surface area contributed by atoms with Gasteiger partial charge in [-0.25, -0.2) is 14.1 Å². The average Bonchev–Trinajstić information content (AvgIpc) is 3.35. The van der Waals surface area contributed by atoms with Crippen LogP contribution >= 0.6 is 11.3 Å². The number of alkyl halides is 2. The van der Waals surface area contributed by atoms with Crippen LogP contribution in [0.4, 0.5) is 18.3 Å². The van der Waals surface area contributed by atoms with Gasteiger partial charge < -0.3 is 4.74 Å². The number of amides is 1. The first-order valence-corrected chi connectivity index (χ1v) is 9.92. The highest BCUT2D eigenvalue weighted by atomic mass is 32.1. The number of nitrogens with one attached hydrogen (secondary N) is 1. The molecular weight excluding hydrogens is 429 g/mol. The van der Waals surface area contributed by atoms with Gasteiger partial charge in [0, 0.05) is 10.9 Å². The summed E-state index contributed by atoms with van der Waals surface area (Å²) < 4.78 is 44.5. The molecule has 0 spiro atoms. The summed E-state index contributed by atoms with van der Waals surface area (Å²) >= 11 is 1.15. The number of benzene rings is 2. The van der Waals surface area contributed by atoms with Crippen LogP contribution in [0.5, 0.6) is 5.75 Å². The highest BCUT2D eigenvalue weighted by Crippen LogP contribution is 2.33. The van der Waals surface area contributed by atoms with E-state index in [4.69, 9.17) is 0 Å². The van der Waals surface area contributed by atoms with Crippen LogP contribution in [0.25, 0.3) is 16.9 Å². The Morgan fingerprint density at radius 2 is 1.90 bits per heavy atom. The highest BCUT2D eigenvalue weighted by Gasteiger charge is 2.18. The van der Waals surface area contributed by atoms with Crippen molar-refractivity contribution in [3.63, 3.8) is 0 Å². The molecule has 0 saturated carbocycles. The number of para-hydroxylation sites is 1. The SMILES string of the molecule is Cc1c(C(=O)Nc2nc(-c3ccccc3OC(F)F)cs2)cnn1-c1ccc(F)cc1. The van der Waals surface area contributed by atoms with Crippen molar-refractivity contribution < 1.29 is 22.7 Å². The van der Waals surface area contributed by atoms with Gasteiger partial charge in [0.15, 0.2) is 5.13 Å². The standard InChI is InChI=1S/C21H15F3N4O2S/c1-12-16(10-25-28(12)14-8-6-13(22)7-9-14)19(29)27-21-26-17(11-31-21)15-4-2-3-5-18(15)30-20(23)24/h2-11,20H,1H3,(H,26,27,29). The predicted molar refractivity (Wildman–Crippen MR) is 110 cm³/mol. The van der Waals surface area contributed by atoms with Crippen LogP contribution in [0.15, 0.2) is 60.1 Å². The molecule has 4 aromatic rings. The number of carbonyl (C=O) groups is 1. The van der Waals surface area contributed by atoms with E-state index >= 15 is 0 Å². The maximum absolute atomic E-state index is 13.1. The van der Waals surface area contributed by atoms with E-state index in [2.05, 4.69) is 20.1 Å². The number of carbonyl (C=O) groups excluding carboxylic acids is 1. The quantitative estimate of drug-likeness (QED) is 0.438. The summed E-state index contributed by atoms with van der Waals surface area (Å²) in [5, 5.41) is 8.82. The van der Waals surface area contributed by atoms with Crippen LogP contribution in [0.3, 0.4) is 0 Å². The maximum atomic E-state index is 13.1. The number of hydrogen-bond acceptors (Lipinski definition) is 5. The molecule has 4 rings (SSSR count). The molecule has 1 N–H and O–H groups in total. The van der Waals surface area contributed by atoms with Crippen molar-refractivity contribution in [1.29, 1.82) is 0 Å². The fourth-order valence-electron chi connectivity index (χ4n) is 2.97. The first-order valence-electron chi connectivity index (χ1n) is 9.04. The molecule has 2 aromatic carbocycles. The fourth-order valence-corrected chi connectivity index (χ4v) is 3.68. The minimum atomic E-state index is -2.96. The van der Waals surface area contributed by atoms with Crippen LogP contribution in [0.2, 0.25) is 0 Å². The Balaban J connectivity index is 1.54. The summed E-state index contributed by atoms with van der Waals surface area (Å²) in [6, 6.07) is 12.0. The second kappa shape index (κ2) is 8.60. The third-order valence-corrected chi connectivity index (χ3v) is 5.19. The molecule has 0 aliphatic rings. The van der Waals surface area contributed by atoms with E-state index in [9.17, 15) is 18.0 Å². The van der Waals surface area contributed by atoms with Gasteiger partial charge in [0.25, 0.3) is 5.91 Å². The molecule has 0 fully saturated rings. The van der Waals surface area contributed by atoms with Gasteiger partial charge >= 0.3 is 6.61 Å². The molecule has 0 aliphatic carbocycles. The van der Waals surface area contributed by atoms with Crippen molar-refractivity contribution in [1.82, 2.24) is 14.8 Å². The van der Waals surface area contributed by atoms with Gasteiger partial charge in [-0.3, -0.25) is 10.1 Å². The van der Waals surface area contributed by atoms with Crippen LogP contribution in [0.1, 0.15) is 16.1 Å². The van der Waals surface area contributed by atoms with Gasteiger partial charge in [-0.05, 0) is 43.3 Å². The molecule has 6 nitrogen and oxygen atoms in total. The zero-order chi connectivity index (χ0) is 22.0. The summed E-state index contributed by atoms with van der Waals surface area (Å²) in [5.74, 6) is -0.799. The zero-order valence-electron chi connectivity index (χ0n) is 16.1. The molecule has 2 aromatic heterocycles. The topological polar surface area (TPSA) is 69.0 Å². The minimum Gasteiger partial charge on any atom is -0.434 e. The Labute approximate surface area is 178 Å². The molecule has 10 heteroatoms. The molecular formula is C21H15F3N4O2S. The number of aromatic nitrogens is 3. The number of thiazole rings is 1. The van der Waals surface area contributed by atoms with Crippen molar-refractivity contribution in [3.05, 3.63) is 77.2 Å². The number of nitrogens with zero attached hydrogens (tertiary/aromatic N) is 3. The normalized spacial score (nSPS) is 11.0. The van der Waals surface area contributed by atoms with Gasteiger partial charge in [-0.15, -0.1) is 11.3 Å². The van der Waals surface area contributed by atoms with Gasteiger partial charge in [0.05, 0.1) is 28.8 Å². The Kier molecular flexibility index (Phi) is 5.72. The van der Waals surface area contributed by atoms with Crippen LogP contribution < -0.4 is 10.1 Å². The Morgan fingerprint density at radius 3 is 2.65 bits per heavy atom. The monoisotopic (exact) mass is 444 g/mol.